The molecule has 144 valence electrons. The Labute approximate surface area is 163 Å². The highest BCUT2D eigenvalue weighted by molar-refractivity contribution is 6.29. The Morgan fingerprint density at radius 2 is 1.56 bits per heavy atom. The molecule has 0 fully saturated rings. The zero-order valence-electron chi connectivity index (χ0n) is 15.8. The average Bonchev–Trinajstić information content (AvgIpc) is 2.99. The van der Waals surface area contributed by atoms with Crippen molar-refractivity contribution in [2.45, 2.75) is 59.2 Å². The lowest BCUT2D eigenvalue weighted by Gasteiger charge is -2.12. The second kappa shape index (κ2) is 8.57. The van der Waals surface area contributed by atoms with E-state index in [2.05, 4.69) is 11.9 Å². The number of benzene rings is 1. The molecule has 0 N–H and O–H groups in total. The van der Waals surface area contributed by atoms with Crippen molar-refractivity contribution >= 4 is 22.8 Å². The molecule has 0 unspecified atom stereocenters. The zero-order chi connectivity index (χ0) is 19.4. The van der Waals surface area contributed by atoms with Gasteiger partial charge in [-0.25, -0.2) is 4.79 Å². The van der Waals surface area contributed by atoms with Gasteiger partial charge in [-0.2, -0.15) is 4.98 Å². The highest BCUT2D eigenvalue weighted by Gasteiger charge is 2.20. The molecule has 3 aromatic rings. The molecule has 2 heterocycles. The molecule has 1 aromatic carbocycles. The van der Waals surface area contributed by atoms with Crippen LogP contribution >= 0.6 is 11.6 Å². The molecule has 6 nitrogen and oxygen atoms in total. The minimum atomic E-state index is -0.313. The lowest BCUT2D eigenvalue weighted by molar-refractivity contribution is 0.529. The number of fused-ring (bicyclic) bond motifs is 1. The van der Waals surface area contributed by atoms with Crippen molar-refractivity contribution in [2.75, 3.05) is 0 Å². The number of aryl methyl sites for hydroxylation is 1. The van der Waals surface area contributed by atoms with Crippen LogP contribution in [0, 0.1) is 0 Å². The Morgan fingerprint density at radius 3 is 2.19 bits per heavy atom. The van der Waals surface area contributed by atoms with Crippen LogP contribution in [0.5, 0.6) is 0 Å². The van der Waals surface area contributed by atoms with Gasteiger partial charge < -0.3 is 4.57 Å². The van der Waals surface area contributed by atoms with Crippen molar-refractivity contribution in [3.8, 4) is 0 Å². The molecule has 0 aliphatic carbocycles. The minimum absolute atomic E-state index is 0.226. The number of hydrogen-bond acceptors (Lipinski definition) is 3. The highest BCUT2D eigenvalue weighted by atomic mass is 35.5. The van der Waals surface area contributed by atoms with Crippen LogP contribution < -0.4 is 11.2 Å². The summed E-state index contributed by atoms with van der Waals surface area (Å²) in [6.45, 7) is 5.47. The van der Waals surface area contributed by atoms with Gasteiger partial charge in [0, 0.05) is 13.1 Å². The molecule has 0 aliphatic heterocycles. The summed E-state index contributed by atoms with van der Waals surface area (Å²) in [6, 6.07) is 9.78. The molecular weight excluding hydrogens is 364 g/mol. The predicted octanol–water partition coefficient (Wildman–Crippen LogP) is 3.66. The molecule has 0 atom stereocenters. The topological polar surface area (TPSA) is 61.8 Å². The van der Waals surface area contributed by atoms with Crippen molar-refractivity contribution in [1.29, 1.82) is 0 Å². The number of aromatic nitrogens is 4. The Hall–Kier alpha value is -2.34. The molecule has 7 heteroatoms. The fourth-order valence-electron chi connectivity index (χ4n) is 3.21. The van der Waals surface area contributed by atoms with Crippen LogP contribution in [0.15, 0.2) is 39.9 Å². The van der Waals surface area contributed by atoms with E-state index < -0.39 is 0 Å². The molecule has 3 rings (SSSR count). The van der Waals surface area contributed by atoms with Gasteiger partial charge in [-0.05, 0) is 30.0 Å². The van der Waals surface area contributed by atoms with Gasteiger partial charge in [0.1, 0.15) is 0 Å². The Balaban J connectivity index is 2.24. The van der Waals surface area contributed by atoms with Gasteiger partial charge in [-0.3, -0.25) is 13.9 Å². The monoisotopic (exact) mass is 388 g/mol. The Kier molecular flexibility index (Phi) is 6.16. The van der Waals surface area contributed by atoms with E-state index in [1.807, 2.05) is 37.3 Å². The van der Waals surface area contributed by atoms with E-state index >= 15 is 0 Å². The van der Waals surface area contributed by atoms with Crippen molar-refractivity contribution in [2.24, 2.45) is 0 Å². The lowest BCUT2D eigenvalue weighted by atomic mass is 10.2. The fraction of sp³-hybridized carbons (Fsp3) is 0.450. The smallest absolute Gasteiger partial charge is 0.304 e. The summed E-state index contributed by atoms with van der Waals surface area (Å²) in [4.78, 5) is 30.4. The second-order valence-electron chi connectivity index (χ2n) is 6.72. The predicted molar refractivity (Wildman–Crippen MR) is 109 cm³/mol. The van der Waals surface area contributed by atoms with Crippen molar-refractivity contribution in [3.63, 3.8) is 0 Å². The Morgan fingerprint density at radius 1 is 0.926 bits per heavy atom. The third kappa shape index (κ3) is 3.86. The van der Waals surface area contributed by atoms with E-state index in [0.29, 0.717) is 30.8 Å². The van der Waals surface area contributed by atoms with Gasteiger partial charge in [0.15, 0.2) is 11.2 Å². The first-order chi connectivity index (χ1) is 13.1. The summed E-state index contributed by atoms with van der Waals surface area (Å²) in [5, 5.41) is 0.226. The van der Waals surface area contributed by atoms with E-state index in [9.17, 15) is 9.59 Å². The molecule has 0 saturated heterocycles. The van der Waals surface area contributed by atoms with Crippen LogP contribution in [0.3, 0.4) is 0 Å². The number of unbranched alkanes of at least 4 members (excludes halogenated alkanes) is 2. The van der Waals surface area contributed by atoms with Crippen molar-refractivity contribution in [3.05, 3.63) is 62.0 Å². The molecule has 0 spiro atoms. The average molecular weight is 389 g/mol. The molecule has 0 radical (unpaired) electrons. The number of nitrogens with zero attached hydrogens (tertiary/aromatic N) is 4. The summed E-state index contributed by atoms with van der Waals surface area (Å²) in [5.41, 5.74) is 1.19. The largest absolute Gasteiger partial charge is 0.332 e. The third-order valence-electron chi connectivity index (χ3n) is 4.72. The van der Waals surface area contributed by atoms with E-state index in [-0.39, 0.29) is 16.5 Å². The molecule has 0 bridgehead atoms. The Bertz CT molecular complexity index is 1030. The van der Waals surface area contributed by atoms with Gasteiger partial charge in [0.25, 0.3) is 5.56 Å². The zero-order valence-corrected chi connectivity index (χ0v) is 16.6. The molecule has 0 saturated carbocycles. The van der Waals surface area contributed by atoms with Crippen LogP contribution in [0.25, 0.3) is 11.2 Å². The number of halogens is 1. The van der Waals surface area contributed by atoms with Gasteiger partial charge in [-0.1, -0.05) is 57.0 Å². The molecule has 0 amide bonds. The first kappa shape index (κ1) is 19.4. The summed E-state index contributed by atoms with van der Waals surface area (Å²) >= 11 is 6.39. The van der Waals surface area contributed by atoms with Gasteiger partial charge in [-0.15, -0.1) is 0 Å². The standard InChI is InChI=1S/C20H25ClN4O2/c1-3-5-12-23-17-16(18(26)24(20(23)27)13-6-4-2)25(19(21)22-17)14-15-10-8-7-9-11-15/h7-11H,3-6,12-14H2,1-2H3. The minimum Gasteiger partial charge on any atom is -0.304 e. The summed E-state index contributed by atoms with van der Waals surface area (Å²) in [6.07, 6.45) is 3.46. The molecular formula is C20H25ClN4O2. The maximum absolute atomic E-state index is 13.1. The first-order valence-corrected chi connectivity index (χ1v) is 9.89. The number of rotatable bonds is 8. The maximum Gasteiger partial charge on any atom is 0.332 e. The van der Waals surface area contributed by atoms with Crippen LogP contribution in [-0.2, 0) is 19.6 Å². The fourth-order valence-corrected chi connectivity index (χ4v) is 3.43. The van der Waals surface area contributed by atoms with Gasteiger partial charge >= 0.3 is 5.69 Å². The van der Waals surface area contributed by atoms with Gasteiger partial charge in [0.2, 0.25) is 5.28 Å². The van der Waals surface area contributed by atoms with E-state index in [0.717, 1.165) is 31.2 Å². The normalized spacial score (nSPS) is 11.4. The van der Waals surface area contributed by atoms with Crippen LogP contribution in [0.2, 0.25) is 5.28 Å². The molecule has 27 heavy (non-hydrogen) atoms. The molecule has 0 aliphatic rings. The SMILES string of the molecule is CCCCn1c(=O)c2c(nc(Cl)n2Cc2ccccc2)n(CCCC)c1=O. The van der Waals surface area contributed by atoms with E-state index in [1.54, 1.807) is 9.13 Å². The lowest BCUT2D eigenvalue weighted by Crippen LogP contribution is -2.40. The molecule has 2 aromatic heterocycles. The quantitative estimate of drug-likeness (QED) is 0.553. The van der Waals surface area contributed by atoms with E-state index in [1.165, 1.54) is 4.57 Å². The third-order valence-corrected chi connectivity index (χ3v) is 5.01. The van der Waals surface area contributed by atoms with Crippen LogP contribution in [-0.4, -0.2) is 18.7 Å². The van der Waals surface area contributed by atoms with Crippen molar-refractivity contribution < 1.29 is 0 Å². The summed E-state index contributed by atoms with van der Waals surface area (Å²) in [5.74, 6) is 0. The second-order valence-corrected chi connectivity index (χ2v) is 7.06. The maximum atomic E-state index is 13.1. The van der Waals surface area contributed by atoms with E-state index in [4.69, 9.17) is 11.6 Å². The number of hydrogen-bond donors (Lipinski definition) is 0. The first-order valence-electron chi connectivity index (χ1n) is 9.51. The van der Waals surface area contributed by atoms with Crippen LogP contribution in [0.4, 0.5) is 0 Å². The van der Waals surface area contributed by atoms with Crippen LogP contribution in [0.1, 0.15) is 45.1 Å². The number of imidazole rings is 1. The van der Waals surface area contributed by atoms with Gasteiger partial charge in [0.05, 0.1) is 6.54 Å². The summed E-state index contributed by atoms with van der Waals surface area (Å²) in [7, 11) is 0. The van der Waals surface area contributed by atoms with Crippen molar-refractivity contribution in [1.82, 2.24) is 18.7 Å². The summed E-state index contributed by atoms with van der Waals surface area (Å²) < 4.78 is 4.64. The highest BCUT2D eigenvalue weighted by Crippen LogP contribution is 2.18.